The maximum atomic E-state index is 5.20. The molecule has 0 amide bonds. The molecule has 0 spiro atoms. The summed E-state index contributed by atoms with van der Waals surface area (Å²) >= 11 is 3.48. The van der Waals surface area contributed by atoms with Crippen molar-refractivity contribution in [1.82, 2.24) is 10.2 Å². The van der Waals surface area contributed by atoms with Crippen LogP contribution in [0.4, 0.5) is 5.69 Å². The van der Waals surface area contributed by atoms with Crippen molar-refractivity contribution in [3.8, 4) is 5.75 Å². The first-order chi connectivity index (χ1) is 8.29. The summed E-state index contributed by atoms with van der Waals surface area (Å²) in [7, 11) is 1.67. The van der Waals surface area contributed by atoms with Gasteiger partial charge in [0, 0.05) is 31.9 Å². The van der Waals surface area contributed by atoms with E-state index < -0.39 is 0 Å². The van der Waals surface area contributed by atoms with Gasteiger partial charge < -0.3 is 15.4 Å². The fourth-order valence-electron chi connectivity index (χ4n) is 1.85. The second-order valence-electron chi connectivity index (χ2n) is 4.05. The van der Waals surface area contributed by atoms with Crippen molar-refractivity contribution in [1.29, 1.82) is 0 Å². The lowest BCUT2D eigenvalue weighted by Gasteiger charge is -2.27. The Balaban J connectivity index is 1.87. The van der Waals surface area contributed by atoms with Gasteiger partial charge >= 0.3 is 0 Å². The third kappa shape index (κ3) is 3.59. The molecule has 0 bridgehead atoms. The third-order valence-electron chi connectivity index (χ3n) is 2.87. The third-order valence-corrected chi connectivity index (χ3v) is 3.49. The molecule has 1 aliphatic rings. The highest BCUT2D eigenvalue weighted by Gasteiger charge is 2.08. The second kappa shape index (κ2) is 6.23. The topological polar surface area (TPSA) is 36.5 Å². The van der Waals surface area contributed by atoms with Gasteiger partial charge in [-0.05, 0) is 34.1 Å². The van der Waals surface area contributed by atoms with Crippen LogP contribution in [0.2, 0.25) is 0 Å². The van der Waals surface area contributed by atoms with E-state index in [1.165, 1.54) is 0 Å². The highest BCUT2D eigenvalue weighted by Crippen LogP contribution is 2.27. The zero-order valence-electron chi connectivity index (χ0n) is 10.0. The summed E-state index contributed by atoms with van der Waals surface area (Å²) in [5.74, 6) is 0.859. The molecule has 17 heavy (non-hydrogen) atoms. The van der Waals surface area contributed by atoms with Crippen LogP contribution >= 0.6 is 15.9 Å². The Morgan fingerprint density at radius 2 is 2.18 bits per heavy atom. The summed E-state index contributed by atoms with van der Waals surface area (Å²) in [6.45, 7) is 5.25. The van der Waals surface area contributed by atoms with Crippen molar-refractivity contribution in [3.05, 3.63) is 22.7 Å². The lowest BCUT2D eigenvalue weighted by molar-refractivity contribution is 0.256. The first kappa shape index (κ1) is 12.7. The van der Waals surface area contributed by atoms with Crippen molar-refractivity contribution in [3.63, 3.8) is 0 Å². The van der Waals surface area contributed by atoms with Crippen LogP contribution in [-0.4, -0.2) is 44.9 Å². The number of rotatable bonds is 4. The number of benzene rings is 1. The lowest BCUT2D eigenvalue weighted by Crippen LogP contribution is -2.45. The molecule has 1 saturated heterocycles. The number of hydrogen-bond donors (Lipinski definition) is 2. The minimum atomic E-state index is 0.859. The monoisotopic (exact) mass is 299 g/mol. The summed E-state index contributed by atoms with van der Waals surface area (Å²) in [6.07, 6.45) is 0. The van der Waals surface area contributed by atoms with Crippen LogP contribution in [0, 0.1) is 0 Å². The molecule has 1 aromatic rings. The molecule has 0 atom stereocenters. The summed E-state index contributed by atoms with van der Waals surface area (Å²) < 4.78 is 6.18. The number of methoxy groups -OCH3 is 1. The Bertz CT molecular complexity index is 367. The van der Waals surface area contributed by atoms with Gasteiger partial charge in [-0.1, -0.05) is 0 Å². The number of ether oxygens (including phenoxy) is 1. The molecule has 1 heterocycles. The fraction of sp³-hybridized carbons (Fsp3) is 0.500. The molecule has 1 aliphatic heterocycles. The highest BCUT2D eigenvalue weighted by atomic mass is 79.9. The van der Waals surface area contributed by atoms with Crippen molar-refractivity contribution in [2.24, 2.45) is 0 Å². The van der Waals surface area contributed by atoms with Crippen molar-refractivity contribution >= 4 is 21.6 Å². The van der Waals surface area contributed by atoms with Crippen LogP contribution in [0.15, 0.2) is 22.7 Å². The Kier molecular flexibility index (Phi) is 4.65. The minimum absolute atomic E-state index is 0.859. The first-order valence-corrected chi connectivity index (χ1v) is 6.59. The summed E-state index contributed by atoms with van der Waals surface area (Å²) in [5.41, 5.74) is 1.11. The van der Waals surface area contributed by atoms with Crippen molar-refractivity contribution < 1.29 is 4.74 Å². The number of anilines is 1. The molecule has 1 fully saturated rings. The zero-order valence-corrected chi connectivity index (χ0v) is 11.6. The van der Waals surface area contributed by atoms with Crippen LogP contribution in [0.3, 0.4) is 0 Å². The van der Waals surface area contributed by atoms with Gasteiger partial charge in [-0.3, -0.25) is 4.90 Å². The SMILES string of the molecule is COc1ccc(NCN2CCNCC2)cc1Br. The first-order valence-electron chi connectivity index (χ1n) is 5.80. The number of halogens is 1. The van der Waals surface area contributed by atoms with Crippen LogP contribution in [-0.2, 0) is 0 Å². The van der Waals surface area contributed by atoms with E-state index in [1.54, 1.807) is 7.11 Å². The van der Waals surface area contributed by atoms with Gasteiger partial charge in [0.1, 0.15) is 5.75 Å². The molecular weight excluding hydrogens is 282 g/mol. The molecule has 0 aliphatic carbocycles. The summed E-state index contributed by atoms with van der Waals surface area (Å²) in [4.78, 5) is 2.40. The normalized spacial score (nSPS) is 16.8. The lowest BCUT2D eigenvalue weighted by atomic mass is 10.3. The number of piperazine rings is 1. The predicted octanol–water partition coefficient (Wildman–Crippen LogP) is 1.73. The molecule has 0 unspecified atom stereocenters. The molecular formula is C12H18BrN3O. The molecule has 2 rings (SSSR count). The van der Waals surface area contributed by atoms with E-state index in [0.29, 0.717) is 0 Å². The van der Waals surface area contributed by atoms with Gasteiger partial charge in [-0.15, -0.1) is 0 Å². The smallest absolute Gasteiger partial charge is 0.133 e. The Labute approximate surface area is 110 Å². The van der Waals surface area contributed by atoms with Gasteiger partial charge in [0.15, 0.2) is 0 Å². The van der Waals surface area contributed by atoms with Gasteiger partial charge in [-0.2, -0.15) is 0 Å². The van der Waals surface area contributed by atoms with E-state index in [1.807, 2.05) is 18.2 Å². The average Bonchev–Trinajstić information content (AvgIpc) is 2.38. The van der Waals surface area contributed by atoms with E-state index in [-0.39, 0.29) is 0 Å². The molecule has 5 heteroatoms. The zero-order chi connectivity index (χ0) is 12.1. The Morgan fingerprint density at radius 3 is 2.82 bits per heavy atom. The minimum Gasteiger partial charge on any atom is -0.496 e. The Hall–Kier alpha value is -0.780. The van der Waals surface area contributed by atoms with Crippen LogP contribution in [0.1, 0.15) is 0 Å². The van der Waals surface area contributed by atoms with Gasteiger partial charge in [-0.25, -0.2) is 0 Å². The van der Waals surface area contributed by atoms with Gasteiger partial charge in [0.2, 0.25) is 0 Å². The van der Waals surface area contributed by atoms with E-state index in [0.717, 1.165) is 48.8 Å². The van der Waals surface area contributed by atoms with Crippen LogP contribution in [0.5, 0.6) is 5.75 Å². The highest BCUT2D eigenvalue weighted by molar-refractivity contribution is 9.10. The van der Waals surface area contributed by atoms with E-state index in [4.69, 9.17) is 4.74 Å². The van der Waals surface area contributed by atoms with Crippen LogP contribution < -0.4 is 15.4 Å². The second-order valence-corrected chi connectivity index (χ2v) is 4.91. The maximum absolute atomic E-state index is 5.20. The van der Waals surface area contributed by atoms with Gasteiger partial charge in [0.25, 0.3) is 0 Å². The standard InChI is InChI=1S/C12H18BrN3O/c1-17-12-3-2-10(8-11(12)13)15-9-16-6-4-14-5-7-16/h2-3,8,14-15H,4-7,9H2,1H3. The molecule has 4 nitrogen and oxygen atoms in total. The van der Waals surface area contributed by atoms with Crippen molar-refractivity contribution in [2.75, 3.05) is 45.3 Å². The summed E-state index contributed by atoms with van der Waals surface area (Å²) in [5, 5.41) is 6.76. The largest absolute Gasteiger partial charge is 0.496 e. The summed E-state index contributed by atoms with van der Waals surface area (Å²) in [6, 6.07) is 6.04. The quantitative estimate of drug-likeness (QED) is 0.888. The predicted molar refractivity (Wildman–Crippen MR) is 73.6 cm³/mol. The van der Waals surface area contributed by atoms with E-state index >= 15 is 0 Å². The molecule has 0 aromatic heterocycles. The van der Waals surface area contributed by atoms with Crippen molar-refractivity contribution in [2.45, 2.75) is 0 Å². The molecule has 0 radical (unpaired) electrons. The maximum Gasteiger partial charge on any atom is 0.133 e. The molecule has 2 N–H and O–H groups in total. The molecule has 0 saturated carbocycles. The fourth-order valence-corrected chi connectivity index (χ4v) is 2.39. The number of hydrogen-bond acceptors (Lipinski definition) is 4. The van der Waals surface area contributed by atoms with Gasteiger partial charge in [0.05, 0.1) is 18.3 Å². The molecule has 1 aromatic carbocycles. The Morgan fingerprint density at radius 1 is 1.41 bits per heavy atom. The van der Waals surface area contributed by atoms with E-state index in [2.05, 4.69) is 31.5 Å². The van der Waals surface area contributed by atoms with E-state index in [9.17, 15) is 0 Å². The average molecular weight is 300 g/mol. The van der Waals surface area contributed by atoms with Crippen LogP contribution in [0.25, 0.3) is 0 Å². The molecule has 94 valence electrons. The number of nitrogens with one attached hydrogen (secondary N) is 2. The number of nitrogens with zero attached hydrogens (tertiary/aromatic N) is 1.